The molecule has 9 heteroatoms. The summed E-state index contributed by atoms with van der Waals surface area (Å²) >= 11 is 7.02. The fourth-order valence-corrected chi connectivity index (χ4v) is 8.19. The molecule has 0 aliphatic heterocycles. The molecule has 2 aliphatic rings. The van der Waals surface area contributed by atoms with Crippen molar-refractivity contribution in [3.8, 4) is 0 Å². The highest BCUT2D eigenvalue weighted by atomic mass is 79.9. The van der Waals surface area contributed by atoms with Crippen LogP contribution >= 0.6 is 31.9 Å². The van der Waals surface area contributed by atoms with Crippen LogP contribution in [0.2, 0.25) is 0 Å². The molecular weight excluding hydrogens is 756 g/mol. The van der Waals surface area contributed by atoms with Crippen LogP contribution < -0.4 is 0 Å². The quantitative estimate of drug-likeness (QED) is 0.167. The lowest BCUT2D eigenvalue weighted by Crippen LogP contribution is -2.12. The van der Waals surface area contributed by atoms with E-state index in [1.54, 1.807) is 12.2 Å². The lowest BCUT2D eigenvalue weighted by atomic mass is 9.93. The molecule has 0 bridgehead atoms. The fourth-order valence-electron chi connectivity index (χ4n) is 5.94. The zero-order valence-electron chi connectivity index (χ0n) is 25.4. The monoisotopic (exact) mass is 782 g/mol. The van der Waals surface area contributed by atoms with E-state index in [0.717, 1.165) is 66.6 Å². The third kappa shape index (κ3) is 6.89. The topological polar surface area (TPSA) is 34.1 Å². The minimum Gasteiger partial charge on any atom is -0.228 e. The van der Waals surface area contributed by atoms with Crippen molar-refractivity contribution in [3.05, 3.63) is 162 Å². The molecule has 4 aromatic carbocycles. The number of rotatable bonds is 8. The first-order valence-corrected chi connectivity index (χ1v) is 18.2. The number of sulfone groups is 1. The summed E-state index contributed by atoms with van der Waals surface area (Å²) in [7, 11) is -4.23. The van der Waals surface area contributed by atoms with Crippen LogP contribution in [-0.4, -0.2) is 8.42 Å². The number of benzene rings is 4. The second-order valence-electron chi connectivity index (χ2n) is 11.7. The van der Waals surface area contributed by atoms with Crippen molar-refractivity contribution in [1.82, 2.24) is 0 Å². The maximum Gasteiger partial charge on any atom is 0.158 e. The van der Waals surface area contributed by atoms with Crippen molar-refractivity contribution in [2.75, 3.05) is 0 Å². The van der Waals surface area contributed by atoms with Gasteiger partial charge in [-0.3, -0.25) is 0 Å². The van der Waals surface area contributed by atoms with Gasteiger partial charge < -0.3 is 0 Å². The molecule has 0 saturated carbocycles. The number of hydrogen-bond donors (Lipinski definition) is 0. The summed E-state index contributed by atoms with van der Waals surface area (Å²) in [5.41, 5.74) is 5.48. The van der Waals surface area contributed by atoms with Crippen molar-refractivity contribution in [3.63, 3.8) is 0 Å². The van der Waals surface area contributed by atoms with Gasteiger partial charge in [-0.15, -0.1) is 0 Å². The Hall–Kier alpha value is -3.53. The number of halogens is 6. The van der Waals surface area contributed by atoms with E-state index in [2.05, 4.69) is 31.9 Å². The summed E-state index contributed by atoms with van der Waals surface area (Å²) in [6.45, 7) is 3.89. The summed E-state index contributed by atoms with van der Waals surface area (Å²) in [5, 5.41) is 0. The van der Waals surface area contributed by atoms with Gasteiger partial charge >= 0.3 is 0 Å². The van der Waals surface area contributed by atoms with Gasteiger partial charge in [0, 0.05) is 31.2 Å². The highest BCUT2D eigenvalue weighted by molar-refractivity contribution is 9.10. The SMILES string of the molecule is Cc1ccc(C2=CCC=C2c2cc(F)c(CS(=O)(=O)Cc3cc(F)c(C4=CCC=C4c4ccc(C)c(Br)c4)cc3F)cc2F)cc1Br. The van der Waals surface area contributed by atoms with E-state index >= 15 is 17.6 Å². The molecule has 0 radical (unpaired) electrons. The molecule has 0 heterocycles. The molecule has 0 N–H and O–H groups in total. The van der Waals surface area contributed by atoms with Gasteiger partial charge in [-0.1, -0.05) is 80.4 Å². The first-order chi connectivity index (χ1) is 22.3. The number of aryl methyl sites for hydroxylation is 2. The second kappa shape index (κ2) is 13.2. The third-order valence-corrected chi connectivity index (χ3v) is 11.6. The average molecular weight is 785 g/mol. The summed E-state index contributed by atoms with van der Waals surface area (Å²) in [5.74, 6) is -5.13. The molecule has 4 aromatic rings. The smallest absolute Gasteiger partial charge is 0.158 e. The largest absolute Gasteiger partial charge is 0.228 e. The van der Waals surface area contributed by atoms with Crippen LogP contribution in [0.1, 0.15) is 57.3 Å². The highest BCUT2D eigenvalue weighted by Gasteiger charge is 2.25. The van der Waals surface area contributed by atoms with Crippen molar-refractivity contribution < 1.29 is 26.0 Å². The van der Waals surface area contributed by atoms with Crippen LogP contribution in [0.3, 0.4) is 0 Å². The minimum atomic E-state index is -4.23. The van der Waals surface area contributed by atoms with E-state index in [-0.39, 0.29) is 22.3 Å². The van der Waals surface area contributed by atoms with E-state index in [1.165, 1.54) is 0 Å². The summed E-state index contributed by atoms with van der Waals surface area (Å²) in [6.07, 6.45) is 8.49. The van der Waals surface area contributed by atoms with Gasteiger partial charge in [-0.25, -0.2) is 26.0 Å². The summed E-state index contributed by atoms with van der Waals surface area (Å²) in [4.78, 5) is 0. The van der Waals surface area contributed by atoms with Crippen LogP contribution in [0.15, 0.2) is 93.9 Å². The molecular formula is C38H28Br2F4O2S. The molecule has 0 saturated heterocycles. The van der Waals surface area contributed by atoms with Gasteiger partial charge in [0.05, 0.1) is 11.5 Å². The van der Waals surface area contributed by atoms with Crippen molar-refractivity contribution in [2.24, 2.45) is 0 Å². The molecule has 0 fully saturated rings. The molecule has 0 atom stereocenters. The zero-order valence-corrected chi connectivity index (χ0v) is 29.4. The zero-order chi connectivity index (χ0) is 33.6. The molecule has 0 spiro atoms. The lowest BCUT2D eigenvalue weighted by Gasteiger charge is -2.15. The average Bonchev–Trinajstić information content (AvgIpc) is 3.70. The molecule has 2 aliphatic carbocycles. The number of hydrogen-bond acceptors (Lipinski definition) is 2. The first kappa shape index (κ1) is 33.4. The summed E-state index contributed by atoms with van der Waals surface area (Å²) < 4.78 is 89.7. The summed E-state index contributed by atoms with van der Waals surface area (Å²) in [6, 6.07) is 15.2. The second-order valence-corrected chi connectivity index (χ2v) is 15.5. The minimum absolute atomic E-state index is 0.0143. The van der Waals surface area contributed by atoms with Crippen molar-refractivity contribution in [1.29, 1.82) is 0 Å². The van der Waals surface area contributed by atoms with E-state index < -0.39 is 44.6 Å². The standard InChI is InChI=1S/C38H28Br2F4O2S/c1-21-9-11-23(13-33(21)39)27-5-3-7-29(27)31-17-35(41)25(15-37(31)43)19-47(45,46)20-26-16-38(44)32(18-36(26)42)30-8-4-6-28(30)24-12-10-22(2)34(40)14-24/h5-18H,3-4,19-20H2,1-2H3. The Morgan fingerprint density at radius 2 is 0.936 bits per heavy atom. The molecule has 240 valence electrons. The fraction of sp³-hybridized carbons (Fsp3) is 0.158. The van der Waals surface area contributed by atoms with Crippen LogP contribution in [0.4, 0.5) is 17.6 Å². The Labute approximate surface area is 288 Å². The van der Waals surface area contributed by atoms with Crippen LogP contribution in [0, 0.1) is 37.1 Å². The molecule has 0 amide bonds. The van der Waals surface area contributed by atoms with E-state index in [4.69, 9.17) is 0 Å². The predicted molar refractivity (Wildman–Crippen MR) is 188 cm³/mol. The Balaban J connectivity index is 1.22. The molecule has 0 unspecified atom stereocenters. The van der Waals surface area contributed by atoms with Crippen LogP contribution in [-0.2, 0) is 21.3 Å². The Morgan fingerprint density at radius 1 is 0.553 bits per heavy atom. The normalized spacial score (nSPS) is 14.6. The van der Waals surface area contributed by atoms with Gasteiger partial charge in [0.2, 0.25) is 0 Å². The van der Waals surface area contributed by atoms with E-state index in [0.29, 0.717) is 24.0 Å². The van der Waals surface area contributed by atoms with Crippen molar-refractivity contribution >= 4 is 64.0 Å². The molecule has 6 rings (SSSR count). The van der Waals surface area contributed by atoms with Crippen molar-refractivity contribution in [2.45, 2.75) is 38.2 Å². The molecule has 0 aromatic heterocycles. The van der Waals surface area contributed by atoms with Gasteiger partial charge in [-0.05, 0) is 108 Å². The van der Waals surface area contributed by atoms with Gasteiger partial charge in [0.15, 0.2) is 9.84 Å². The lowest BCUT2D eigenvalue weighted by molar-refractivity contribution is 0.570. The van der Waals surface area contributed by atoms with Gasteiger partial charge in [0.25, 0.3) is 0 Å². The maximum atomic E-state index is 15.5. The first-order valence-electron chi connectivity index (χ1n) is 14.8. The predicted octanol–water partition coefficient (Wildman–Crippen LogP) is 11.2. The van der Waals surface area contributed by atoms with E-state index in [9.17, 15) is 8.42 Å². The Morgan fingerprint density at radius 3 is 1.32 bits per heavy atom. The third-order valence-electron chi connectivity index (χ3n) is 8.44. The molecule has 47 heavy (non-hydrogen) atoms. The van der Waals surface area contributed by atoms with Crippen LogP contribution in [0.5, 0.6) is 0 Å². The highest BCUT2D eigenvalue weighted by Crippen LogP contribution is 2.41. The Kier molecular flexibility index (Phi) is 9.35. The number of allylic oxidation sites excluding steroid dienone is 8. The van der Waals surface area contributed by atoms with Crippen LogP contribution in [0.25, 0.3) is 22.3 Å². The Bertz CT molecular complexity index is 2050. The van der Waals surface area contributed by atoms with Gasteiger partial charge in [-0.2, -0.15) is 0 Å². The maximum absolute atomic E-state index is 15.5. The van der Waals surface area contributed by atoms with E-state index in [1.807, 2.05) is 62.4 Å². The molecule has 2 nitrogen and oxygen atoms in total. The van der Waals surface area contributed by atoms with Gasteiger partial charge in [0.1, 0.15) is 23.3 Å².